The number of nitrogens with two attached hydrogens (primary N) is 1. The van der Waals surface area contributed by atoms with Gasteiger partial charge in [-0.1, -0.05) is 18.2 Å². The molecule has 1 aromatic heterocycles. The summed E-state index contributed by atoms with van der Waals surface area (Å²) in [5.41, 5.74) is 7.69. The molecule has 5 heteroatoms. The van der Waals surface area contributed by atoms with Crippen LogP contribution in [0.2, 0.25) is 0 Å². The maximum Gasteiger partial charge on any atom is 0.120 e. The van der Waals surface area contributed by atoms with Crippen molar-refractivity contribution in [1.29, 1.82) is 0 Å². The number of ether oxygens (including phenoxy) is 1. The van der Waals surface area contributed by atoms with Gasteiger partial charge in [0.15, 0.2) is 0 Å². The number of hydrogen-bond acceptors (Lipinski definition) is 3. The van der Waals surface area contributed by atoms with Crippen molar-refractivity contribution < 1.29 is 9.13 Å². The Morgan fingerprint density at radius 2 is 1.86 bits per heavy atom. The summed E-state index contributed by atoms with van der Waals surface area (Å²) in [6, 6.07) is 15.7. The van der Waals surface area contributed by atoms with E-state index in [1.165, 1.54) is 0 Å². The van der Waals surface area contributed by atoms with Crippen molar-refractivity contribution in [2.24, 2.45) is 5.73 Å². The van der Waals surface area contributed by atoms with Crippen LogP contribution < -0.4 is 10.5 Å². The lowest BCUT2D eigenvalue weighted by Gasteiger charge is -2.08. The molecule has 2 N–H and O–H groups in total. The largest absolute Gasteiger partial charge is 0.489 e. The van der Waals surface area contributed by atoms with Crippen molar-refractivity contribution in [2.75, 3.05) is 13.2 Å². The Morgan fingerprint density at radius 3 is 2.64 bits per heavy atom. The van der Waals surface area contributed by atoms with E-state index in [9.17, 15) is 4.39 Å². The third-order valence-corrected chi connectivity index (χ3v) is 3.33. The van der Waals surface area contributed by atoms with Crippen molar-refractivity contribution in [3.8, 4) is 5.75 Å². The number of pyridine rings is 1. The Bertz CT molecular complexity index is 820. The van der Waals surface area contributed by atoms with Crippen LogP contribution in [0.15, 0.2) is 60.4 Å². The molecule has 0 aliphatic carbocycles. The van der Waals surface area contributed by atoms with Gasteiger partial charge in [0.2, 0.25) is 0 Å². The van der Waals surface area contributed by atoms with E-state index in [4.69, 9.17) is 10.5 Å². The molecule has 0 atom stereocenters. The average molecular weight is 319 g/mol. The summed E-state index contributed by atoms with van der Waals surface area (Å²) in [5, 5.41) is 2.07. The number of aromatic nitrogens is 1. The summed E-state index contributed by atoms with van der Waals surface area (Å²) in [4.78, 5) is 4.60. The van der Waals surface area contributed by atoms with Gasteiger partial charge in [-0.05, 0) is 30.3 Å². The van der Waals surface area contributed by atoms with E-state index in [0.29, 0.717) is 17.7 Å². The monoisotopic (exact) mass is 318 g/mol. The zero-order valence-electron chi connectivity index (χ0n) is 11.8. The molecule has 0 aliphatic rings. The fourth-order valence-electron chi connectivity index (χ4n) is 2.16. The van der Waals surface area contributed by atoms with Crippen LogP contribution >= 0.6 is 12.4 Å². The van der Waals surface area contributed by atoms with Crippen molar-refractivity contribution in [1.82, 2.24) is 4.98 Å². The molecule has 0 saturated carbocycles. The van der Waals surface area contributed by atoms with Gasteiger partial charge >= 0.3 is 0 Å². The molecule has 0 aliphatic heterocycles. The molecule has 0 spiro atoms. The number of para-hydroxylation sites is 1. The molecule has 3 rings (SSSR count). The van der Waals surface area contributed by atoms with Gasteiger partial charge in [0.1, 0.15) is 12.4 Å². The first kappa shape index (κ1) is 16.2. The van der Waals surface area contributed by atoms with Crippen molar-refractivity contribution in [3.63, 3.8) is 0 Å². The van der Waals surface area contributed by atoms with E-state index >= 15 is 0 Å². The predicted octanol–water partition coefficient (Wildman–Crippen LogP) is 4.00. The fraction of sp³-hybridized carbons (Fsp3) is 0.118. The third kappa shape index (κ3) is 3.35. The summed E-state index contributed by atoms with van der Waals surface area (Å²) in [5.74, 6) is 0.674. The first-order valence-corrected chi connectivity index (χ1v) is 6.70. The minimum atomic E-state index is 0. The van der Waals surface area contributed by atoms with Gasteiger partial charge in [0, 0.05) is 22.9 Å². The molecule has 0 saturated heterocycles. The Kier molecular flexibility index (Phi) is 5.31. The molecular weight excluding hydrogens is 303 g/mol. The minimum absolute atomic E-state index is 0. The molecule has 0 unspecified atom stereocenters. The molecule has 22 heavy (non-hydrogen) atoms. The van der Waals surface area contributed by atoms with Gasteiger partial charge in [-0.3, -0.25) is 0 Å². The topological polar surface area (TPSA) is 48.1 Å². The Labute approximate surface area is 134 Å². The fourth-order valence-corrected chi connectivity index (χ4v) is 2.16. The summed E-state index contributed by atoms with van der Waals surface area (Å²) < 4.78 is 18.0. The van der Waals surface area contributed by atoms with Gasteiger partial charge in [0.05, 0.1) is 17.4 Å². The lowest BCUT2D eigenvalue weighted by atomic mass is 10.1. The number of hydrogen-bond donors (Lipinski definition) is 1. The van der Waals surface area contributed by atoms with Gasteiger partial charge in [0.25, 0.3) is 0 Å². The third-order valence-electron chi connectivity index (χ3n) is 3.33. The molecule has 1 heterocycles. The standard InChI is InChI=1S/C17H15FN2O.ClH/c18-9-12(10-19)11-21-15-5-6-17-14(8-15)7-13-3-1-2-4-16(13)20-17;/h1-9H,10-11,19H2;1H/b12-9-;. The summed E-state index contributed by atoms with van der Waals surface area (Å²) in [6.45, 7) is 0.301. The maximum absolute atomic E-state index is 12.5. The number of fused-ring (bicyclic) bond motifs is 2. The zero-order valence-corrected chi connectivity index (χ0v) is 12.6. The van der Waals surface area contributed by atoms with Crippen LogP contribution in [0.25, 0.3) is 21.8 Å². The average Bonchev–Trinajstić information content (AvgIpc) is 2.53. The second-order valence-corrected chi connectivity index (χ2v) is 4.80. The lowest BCUT2D eigenvalue weighted by Crippen LogP contribution is -2.10. The molecule has 3 nitrogen and oxygen atoms in total. The van der Waals surface area contributed by atoms with E-state index in [1.54, 1.807) is 0 Å². The highest BCUT2D eigenvalue weighted by Gasteiger charge is 2.03. The van der Waals surface area contributed by atoms with E-state index < -0.39 is 0 Å². The predicted molar refractivity (Wildman–Crippen MR) is 90.2 cm³/mol. The molecular formula is C17H16ClFN2O. The quantitative estimate of drug-likeness (QED) is 0.740. The van der Waals surface area contributed by atoms with Crippen LogP contribution in [0.3, 0.4) is 0 Å². The lowest BCUT2D eigenvalue weighted by molar-refractivity contribution is 0.348. The Hall–Kier alpha value is -2.17. The molecule has 0 fully saturated rings. The summed E-state index contributed by atoms with van der Waals surface area (Å²) in [6.07, 6.45) is 0.496. The van der Waals surface area contributed by atoms with Crippen molar-refractivity contribution in [2.45, 2.75) is 0 Å². The van der Waals surface area contributed by atoms with E-state index in [1.807, 2.05) is 42.5 Å². The Morgan fingerprint density at radius 1 is 1.09 bits per heavy atom. The number of benzene rings is 2. The zero-order chi connectivity index (χ0) is 14.7. The van der Waals surface area contributed by atoms with E-state index in [-0.39, 0.29) is 25.6 Å². The van der Waals surface area contributed by atoms with Crippen LogP contribution in [0, 0.1) is 0 Å². The van der Waals surface area contributed by atoms with Crippen molar-refractivity contribution >= 4 is 34.2 Å². The van der Waals surface area contributed by atoms with Gasteiger partial charge < -0.3 is 10.5 Å². The number of halogens is 2. The maximum atomic E-state index is 12.5. The van der Waals surface area contributed by atoms with Crippen LogP contribution in [0.5, 0.6) is 5.75 Å². The highest BCUT2D eigenvalue weighted by Crippen LogP contribution is 2.23. The minimum Gasteiger partial charge on any atom is -0.489 e. The van der Waals surface area contributed by atoms with Crippen LogP contribution in [-0.4, -0.2) is 18.1 Å². The normalized spacial score (nSPS) is 11.5. The highest BCUT2D eigenvalue weighted by molar-refractivity contribution is 5.93. The summed E-state index contributed by atoms with van der Waals surface area (Å²) >= 11 is 0. The molecule has 114 valence electrons. The SMILES string of the molecule is Cl.NC/C(=C/F)COc1ccc2nc3ccccc3cc2c1. The molecule has 0 amide bonds. The van der Waals surface area contributed by atoms with Gasteiger partial charge in [-0.15, -0.1) is 12.4 Å². The molecule has 2 aromatic carbocycles. The highest BCUT2D eigenvalue weighted by atomic mass is 35.5. The molecule has 3 aromatic rings. The van der Waals surface area contributed by atoms with E-state index in [2.05, 4.69) is 11.1 Å². The van der Waals surface area contributed by atoms with Gasteiger partial charge in [-0.25, -0.2) is 9.37 Å². The van der Waals surface area contributed by atoms with Crippen LogP contribution in [-0.2, 0) is 0 Å². The first-order valence-electron chi connectivity index (χ1n) is 6.70. The number of nitrogens with zero attached hydrogens (tertiary/aromatic N) is 1. The number of rotatable bonds is 4. The smallest absolute Gasteiger partial charge is 0.120 e. The van der Waals surface area contributed by atoms with Crippen molar-refractivity contribution in [3.05, 3.63) is 60.4 Å². The van der Waals surface area contributed by atoms with Crippen LogP contribution in [0.4, 0.5) is 4.39 Å². The van der Waals surface area contributed by atoms with E-state index in [0.717, 1.165) is 21.8 Å². The first-order chi connectivity index (χ1) is 10.3. The Balaban J connectivity index is 0.00000176. The second-order valence-electron chi connectivity index (χ2n) is 4.80. The second kappa shape index (κ2) is 7.20. The molecule has 0 radical (unpaired) electrons. The summed E-state index contributed by atoms with van der Waals surface area (Å²) in [7, 11) is 0. The van der Waals surface area contributed by atoms with Crippen LogP contribution in [0.1, 0.15) is 0 Å². The molecule has 0 bridgehead atoms. The van der Waals surface area contributed by atoms with Gasteiger partial charge in [-0.2, -0.15) is 0 Å².